The molecule has 0 fully saturated rings. The van der Waals surface area contributed by atoms with E-state index in [0.29, 0.717) is 35.9 Å². The lowest BCUT2D eigenvalue weighted by Crippen LogP contribution is -2.26. The number of rotatable bonds is 6. The molecule has 0 bridgehead atoms. The topological polar surface area (TPSA) is 46.4 Å². The number of benzene rings is 1. The number of amides is 1. The molecule has 4 nitrogen and oxygen atoms in total. The first-order valence-corrected chi connectivity index (χ1v) is 8.50. The van der Waals surface area contributed by atoms with Gasteiger partial charge in [-0.15, -0.1) is 0 Å². The highest BCUT2D eigenvalue weighted by atomic mass is 35.5. The van der Waals surface area contributed by atoms with Gasteiger partial charge >= 0.3 is 0 Å². The first-order valence-electron chi connectivity index (χ1n) is 7.75. The van der Waals surface area contributed by atoms with Crippen molar-refractivity contribution in [3.05, 3.63) is 70.2 Å². The summed E-state index contributed by atoms with van der Waals surface area (Å²) in [5, 5.41) is 4.15. The number of carbonyl (C=O) groups excluding carboxylic acids is 1. The maximum atomic E-state index is 12.0. The summed E-state index contributed by atoms with van der Waals surface area (Å²) in [5.74, 6) is 0.897. The molecule has 124 valence electrons. The summed E-state index contributed by atoms with van der Waals surface area (Å²) in [6.07, 6.45) is 5.45. The minimum atomic E-state index is 0.00719. The third kappa shape index (κ3) is 4.08. The van der Waals surface area contributed by atoms with Gasteiger partial charge in [-0.05, 0) is 36.2 Å². The van der Waals surface area contributed by atoms with Crippen LogP contribution in [0.2, 0.25) is 10.0 Å². The van der Waals surface area contributed by atoms with Crippen LogP contribution in [0.25, 0.3) is 5.52 Å². The number of hydrogen-bond acceptors (Lipinski definition) is 2. The van der Waals surface area contributed by atoms with Gasteiger partial charge < -0.3 is 9.72 Å². The lowest BCUT2D eigenvalue weighted by atomic mass is 10.1. The standard InChI is InChI=1S/C18H17Cl2N3O/c19-14-5-4-13(16(20)11-14)8-9-21-18(24)7-6-17-22-12-15-3-1-2-10-23(15)17/h1-5,10-12H,6-9H2,(H,21,24). The molecule has 0 saturated carbocycles. The van der Waals surface area contributed by atoms with Crippen LogP contribution in [0.1, 0.15) is 17.8 Å². The highest BCUT2D eigenvalue weighted by molar-refractivity contribution is 6.35. The zero-order valence-corrected chi connectivity index (χ0v) is 14.5. The lowest BCUT2D eigenvalue weighted by molar-refractivity contribution is -0.121. The van der Waals surface area contributed by atoms with Gasteiger partial charge in [0.05, 0.1) is 11.7 Å². The second-order valence-electron chi connectivity index (χ2n) is 5.51. The first kappa shape index (κ1) is 16.8. The van der Waals surface area contributed by atoms with Gasteiger partial charge in [-0.25, -0.2) is 4.98 Å². The fourth-order valence-electron chi connectivity index (χ4n) is 2.56. The number of carbonyl (C=O) groups is 1. The maximum Gasteiger partial charge on any atom is 0.220 e. The van der Waals surface area contributed by atoms with Crippen molar-refractivity contribution in [3.63, 3.8) is 0 Å². The quantitative estimate of drug-likeness (QED) is 0.722. The van der Waals surface area contributed by atoms with E-state index in [1.54, 1.807) is 12.1 Å². The Morgan fingerprint density at radius 2 is 2.04 bits per heavy atom. The van der Waals surface area contributed by atoms with Crippen molar-refractivity contribution in [1.29, 1.82) is 0 Å². The molecule has 0 aliphatic carbocycles. The van der Waals surface area contributed by atoms with Crippen LogP contribution in [0.15, 0.2) is 48.8 Å². The summed E-state index contributed by atoms with van der Waals surface area (Å²) in [5.41, 5.74) is 2.01. The third-order valence-electron chi connectivity index (χ3n) is 3.82. The van der Waals surface area contributed by atoms with E-state index >= 15 is 0 Å². The molecule has 1 N–H and O–H groups in total. The number of nitrogens with zero attached hydrogens (tertiary/aromatic N) is 2. The third-order valence-corrected chi connectivity index (χ3v) is 4.41. The van der Waals surface area contributed by atoms with E-state index in [0.717, 1.165) is 16.9 Å². The normalized spacial score (nSPS) is 10.9. The minimum absolute atomic E-state index is 0.00719. The highest BCUT2D eigenvalue weighted by Crippen LogP contribution is 2.21. The molecule has 2 aromatic heterocycles. The molecule has 2 heterocycles. The van der Waals surface area contributed by atoms with Crippen LogP contribution in [-0.2, 0) is 17.6 Å². The van der Waals surface area contributed by atoms with E-state index in [9.17, 15) is 4.79 Å². The number of fused-ring (bicyclic) bond motifs is 1. The van der Waals surface area contributed by atoms with Gasteiger partial charge in [-0.3, -0.25) is 4.79 Å². The molecule has 1 amide bonds. The molecular weight excluding hydrogens is 345 g/mol. The van der Waals surface area contributed by atoms with Crippen molar-refractivity contribution in [3.8, 4) is 0 Å². The Bertz CT molecular complexity index is 860. The maximum absolute atomic E-state index is 12.0. The van der Waals surface area contributed by atoms with Crippen LogP contribution in [0, 0.1) is 0 Å². The average molecular weight is 362 g/mol. The summed E-state index contributed by atoms with van der Waals surface area (Å²) >= 11 is 12.0. The fourth-order valence-corrected chi connectivity index (χ4v) is 3.06. The molecule has 1 aromatic carbocycles. The molecule has 3 rings (SSSR count). The van der Waals surface area contributed by atoms with Crippen LogP contribution >= 0.6 is 23.2 Å². The summed E-state index contributed by atoms with van der Waals surface area (Å²) in [6.45, 7) is 0.544. The Morgan fingerprint density at radius 1 is 1.17 bits per heavy atom. The van der Waals surface area contributed by atoms with Crippen LogP contribution in [0.5, 0.6) is 0 Å². The van der Waals surface area contributed by atoms with Gasteiger partial charge in [0.25, 0.3) is 0 Å². The van der Waals surface area contributed by atoms with E-state index in [1.165, 1.54) is 0 Å². The Balaban J connectivity index is 1.47. The number of imidazole rings is 1. The van der Waals surface area contributed by atoms with E-state index < -0.39 is 0 Å². The second-order valence-corrected chi connectivity index (χ2v) is 6.35. The van der Waals surface area contributed by atoms with Crippen LogP contribution in [-0.4, -0.2) is 21.8 Å². The number of nitrogens with one attached hydrogen (secondary N) is 1. The fraction of sp³-hybridized carbons (Fsp3) is 0.222. The molecule has 0 spiro atoms. The predicted octanol–water partition coefficient (Wildman–Crippen LogP) is 3.93. The van der Waals surface area contributed by atoms with Crippen molar-refractivity contribution >= 4 is 34.6 Å². The van der Waals surface area contributed by atoms with Crippen molar-refractivity contribution < 1.29 is 4.79 Å². The molecule has 6 heteroatoms. The summed E-state index contributed by atoms with van der Waals surface area (Å²) < 4.78 is 2.00. The first-order chi connectivity index (χ1) is 11.6. The number of aryl methyl sites for hydroxylation is 1. The monoisotopic (exact) mass is 361 g/mol. The zero-order valence-electron chi connectivity index (χ0n) is 13.0. The van der Waals surface area contributed by atoms with Gasteiger partial charge in [0.2, 0.25) is 5.91 Å². The molecule has 24 heavy (non-hydrogen) atoms. The lowest BCUT2D eigenvalue weighted by Gasteiger charge is -2.07. The molecular formula is C18H17Cl2N3O. The number of aromatic nitrogens is 2. The molecule has 0 aliphatic rings. The average Bonchev–Trinajstić information content (AvgIpc) is 2.98. The van der Waals surface area contributed by atoms with Crippen LogP contribution < -0.4 is 5.32 Å². The van der Waals surface area contributed by atoms with Crippen LogP contribution in [0.4, 0.5) is 0 Å². The van der Waals surface area contributed by atoms with Gasteiger partial charge in [0.15, 0.2) is 0 Å². The summed E-state index contributed by atoms with van der Waals surface area (Å²) in [6, 6.07) is 11.3. The highest BCUT2D eigenvalue weighted by Gasteiger charge is 2.07. The molecule has 3 aromatic rings. The SMILES string of the molecule is O=C(CCc1ncc2ccccn12)NCCc1ccc(Cl)cc1Cl. The molecule has 0 atom stereocenters. The van der Waals surface area contributed by atoms with Gasteiger partial charge in [0, 0.05) is 35.6 Å². The Morgan fingerprint density at radius 3 is 2.88 bits per heavy atom. The Kier molecular flexibility index (Phi) is 5.38. The van der Waals surface area contributed by atoms with E-state index in [2.05, 4.69) is 10.3 Å². The summed E-state index contributed by atoms with van der Waals surface area (Å²) in [7, 11) is 0. The Hall–Kier alpha value is -2.04. The van der Waals surface area contributed by atoms with E-state index in [1.807, 2.05) is 41.1 Å². The van der Waals surface area contributed by atoms with Crippen molar-refractivity contribution in [1.82, 2.24) is 14.7 Å². The second kappa shape index (κ2) is 7.69. The van der Waals surface area contributed by atoms with E-state index in [4.69, 9.17) is 23.2 Å². The van der Waals surface area contributed by atoms with Gasteiger partial charge in [-0.1, -0.05) is 35.3 Å². The van der Waals surface area contributed by atoms with Gasteiger partial charge in [0.1, 0.15) is 5.82 Å². The van der Waals surface area contributed by atoms with Crippen molar-refractivity contribution in [2.24, 2.45) is 0 Å². The number of pyridine rings is 1. The summed E-state index contributed by atoms with van der Waals surface area (Å²) in [4.78, 5) is 16.4. The van der Waals surface area contributed by atoms with Crippen molar-refractivity contribution in [2.45, 2.75) is 19.3 Å². The Labute approximate surface area is 150 Å². The number of hydrogen-bond donors (Lipinski definition) is 1. The predicted molar refractivity (Wildman–Crippen MR) is 96.7 cm³/mol. The largest absolute Gasteiger partial charge is 0.356 e. The smallest absolute Gasteiger partial charge is 0.220 e. The van der Waals surface area contributed by atoms with Crippen LogP contribution in [0.3, 0.4) is 0 Å². The van der Waals surface area contributed by atoms with E-state index in [-0.39, 0.29) is 5.91 Å². The number of halogens is 2. The van der Waals surface area contributed by atoms with Gasteiger partial charge in [-0.2, -0.15) is 0 Å². The molecule has 0 saturated heterocycles. The molecule has 0 radical (unpaired) electrons. The molecule has 0 unspecified atom stereocenters. The van der Waals surface area contributed by atoms with Crippen molar-refractivity contribution in [2.75, 3.05) is 6.54 Å². The zero-order chi connectivity index (χ0) is 16.9. The minimum Gasteiger partial charge on any atom is -0.356 e. The molecule has 0 aliphatic heterocycles.